The van der Waals surface area contributed by atoms with Crippen LogP contribution in [0.3, 0.4) is 0 Å². The lowest BCUT2D eigenvalue weighted by Crippen LogP contribution is -2.27. The summed E-state index contributed by atoms with van der Waals surface area (Å²) in [6, 6.07) is 4.43. The number of Topliss-reactive ketones (excluding diaryl/α,β-unsaturated/α-hetero) is 1. The third-order valence-corrected chi connectivity index (χ3v) is 5.53. The molecule has 7 nitrogen and oxygen atoms in total. The number of halogens is 2. The van der Waals surface area contributed by atoms with Crippen LogP contribution in [-0.2, 0) is 11.2 Å². The van der Waals surface area contributed by atoms with Gasteiger partial charge in [-0.15, -0.1) is 0 Å². The van der Waals surface area contributed by atoms with Crippen LogP contribution in [0.5, 0.6) is 0 Å². The highest BCUT2D eigenvalue weighted by atomic mass is 79.9. The molecule has 3 rings (SSSR count). The second-order valence-electron chi connectivity index (χ2n) is 7.05. The molecule has 150 valence electrons. The van der Waals surface area contributed by atoms with Gasteiger partial charge in [0.2, 0.25) is 0 Å². The molecule has 1 aromatic heterocycles. The highest BCUT2D eigenvalue weighted by Gasteiger charge is 2.23. The van der Waals surface area contributed by atoms with Crippen LogP contribution in [0, 0.1) is 11.7 Å². The summed E-state index contributed by atoms with van der Waals surface area (Å²) in [5.41, 5.74) is 9.08. The van der Waals surface area contributed by atoms with Gasteiger partial charge in [0.05, 0.1) is 22.1 Å². The zero-order valence-electron chi connectivity index (χ0n) is 15.2. The summed E-state index contributed by atoms with van der Waals surface area (Å²) in [4.78, 5) is 16.7. The van der Waals surface area contributed by atoms with Gasteiger partial charge in [0, 0.05) is 12.5 Å². The predicted octanol–water partition coefficient (Wildman–Crippen LogP) is 3.65. The van der Waals surface area contributed by atoms with Crippen molar-refractivity contribution >= 4 is 33.2 Å². The molecule has 0 radical (unpaired) electrons. The lowest BCUT2D eigenvalue weighted by molar-refractivity contribution is -0.119. The summed E-state index contributed by atoms with van der Waals surface area (Å²) in [5.74, 6) is 0.0457. The van der Waals surface area contributed by atoms with Gasteiger partial charge in [-0.1, -0.05) is 5.16 Å². The number of nitrogens with one attached hydrogen (secondary N) is 1. The van der Waals surface area contributed by atoms with Crippen molar-refractivity contribution in [2.45, 2.75) is 44.6 Å². The van der Waals surface area contributed by atoms with Gasteiger partial charge in [-0.3, -0.25) is 15.5 Å². The standard InChI is InChI=1S/C19H22BrFN4O3/c20-16-8-13(5-6-17(16)21)23-19(24-27)15-10-28-25-18(15)9-14(26)7-11-1-3-12(22)4-2-11/h5-6,8,10-12,27H,1-4,7,9,22H2,(H,23,24). The first-order chi connectivity index (χ1) is 13.5. The van der Waals surface area contributed by atoms with Crippen LogP contribution >= 0.6 is 15.9 Å². The lowest BCUT2D eigenvalue weighted by atomic mass is 9.83. The van der Waals surface area contributed by atoms with Gasteiger partial charge < -0.3 is 10.3 Å². The number of hydrogen-bond acceptors (Lipinski definition) is 6. The molecule has 0 atom stereocenters. The van der Waals surface area contributed by atoms with E-state index in [9.17, 15) is 14.4 Å². The molecule has 1 heterocycles. The summed E-state index contributed by atoms with van der Waals surface area (Å²) in [6.45, 7) is 0. The van der Waals surface area contributed by atoms with Crippen molar-refractivity contribution in [3.05, 3.63) is 46.0 Å². The maximum absolute atomic E-state index is 13.4. The molecule has 4 N–H and O–H groups in total. The molecule has 9 heteroatoms. The first-order valence-electron chi connectivity index (χ1n) is 9.11. The molecular weight excluding hydrogens is 431 g/mol. The minimum Gasteiger partial charge on any atom is -0.364 e. The number of ketones is 1. The summed E-state index contributed by atoms with van der Waals surface area (Å²) in [7, 11) is 0. The lowest BCUT2D eigenvalue weighted by Gasteiger charge is -2.25. The van der Waals surface area contributed by atoms with Crippen LogP contribution in [-0.4, -0.2) is 28.0 Å². The maximum atomic E-state index is 13.4. The van der Waals surface area contributed by atoms with Gasteiger partial charge in [0.25, 0.3) is 0 Å². The van der Waals surface area contributed by atoms with Crippen molar-refractivity contribution in [3.8, 4) is 0 Å². The van der Waals surface area contributed by atoms with E-state index in [-0.39, 0.29) is 28.6 Å². The number of rotatable bonds is 6. The van der Waals surface area contributed by atoms with Gasteiger partial charge in [-0.05, 0) is 65.7 Å². The molecule has 0 saturated heterocycles. The summed E-state index contributed by atoms with van der Waals surface area (Å²) >= 11 is 3.09. The Hall–Kier alpha value is -2.10. The first-order valence-corrected chi connectivity index (χ1v) is 9.90. The third-order valence-electron chi connectivity index (χ3n) is 4.92. The SMILES string of the molecule is NC1CCC(CC(=O)Cc2nocc2C(=Nc2ccc(F)c(Br)c2)NO)CC1. The number of hydrogen-bond donors (Lipinski definition) is 3. The highest BCUT2D eigenvalue weighted by Crippen LogP contribution is 2.27. The Morgan fingerprint density at radius 3 is 2.82 bits per heavy atom. The number of nitrogens with zero attached hydrogens (tertiary/aromatic N) is 2. The van der Waals surface area contributed by atoms with E-state index in [1.165, 1.54) is 24.5 Å². The highest BCUT2D eigenvalue weighted by molar-refractivity contribution is 9.10. The van der Waals surface area contributed by atoms with E-state index < -0.39 is 5.82 Å². The fourth-order valence-corrected chi connectivity index (χ4v) is 3.75. The number of aromatic nitrogens is 1. The summed E-state index contributed by atoms with van der Waals surface area (Å²) in [6.07, 6.45) is 5.69. The Kier molecular flexibility index (Phi) is 6.93. The minimum atomic E-state index is -0.419. The Morgan fingerprint density at radius 1 is 1.39 bits per heavy atom. The Morgan fingerprint density at radius 2 is 2.14 bits per heavy atom. The fourth-order valence-electron chi connectivity index (χ4n) is 3.38. The van der Waals surface area contributed by atoms with Gasteiger partial charge in [0.15, 0.2) is 5.84 Å². The van der Waals surface area contributed by atoms with Crippen LogP contribution < -0.4 is 11.2 Å². The Labute approximate surface area is 170 Å². The molecule has 1 aliphatic rings. The number of carbonyl (C=O) groups excluding carboxylic acids is 1. The van der Waals surface area contributed by atoms with Crippen LogP contribution in [0.25, 0.3) is 0 Å². The number of carbonyl (C=O) groups is 1. The molecular formula is C19H22BrFN4O3. The fraction of sp³-hybridized carbons (Fsp3) is 0.421. The van der Waals surface area contributed by atoms with Crippen LogP contribution in [0.15, 0.2) is 38.5 Å². The smallest absolute Gasteiger partial charge is 0.162 e. The molecule has 0 amide bonds. The molecule has 0 spiro atoms. The molecule has 1 aromatic carbocycles. The van der Waals surface area contributed by atoms with Crippen molar-refractivity contribution in [1.29, 1.82) is 0 Å². The maximum Gasteiger partial charge on any atom is 0.162 e. The zero-order chi connectivity index (χ0) is 20.1. The topological polar surface area (TPSA) is 114 Å². The number of aliphatic imine (C=N–C) groups is 1. The zero-order valence-corrected chi connectivity index (χ0v) is 16.8. The molecule has 1 saturated carbocycles. The van der Waals surface area contributed by atoms with Crippen LogP contribution in [0.1, 0.15) is 43.4 Å². The van der Waals surface area contributed by atoms with Crippen molar-refractivity contribution < 1.29 is 18.9 Å². The molecule has 1 fully saturated rings. The number of hydroxylamine groups is 1. The predicted molar refractivity (Wildman–Crippen MR) is 105 cm³/mol. The number of amidine groups is 1. The molecule has 1 aliphatic carbocycles. The van der Waals surface area contributed by atoms with Gasteiger partial charge in [-0.25, -0.2) is 9.38 Å². The van der Waals surface area contributed by atoms with E-state index in [1.54, 1.807) is 0 Å². The van der Waals surface area contributed by atoms with E-state index in [4.69, 9.17) is 10.3 Å². The molecule has 28 heavy (non-hydrogen) atoms. The molecule has 0 aliphatic heterocycles. The summed E-state index contributed by atoms with van der Waals surface area (Å²) in [5, 5.41) is 13.4. The Balaban J connectivity index is 1.71. The van der Waals surface area contributed by atoms with E-state index in [0.717, 1.165) is 25.7 Å². The van der Waals surface area contributed by atoms with Gasteiger partial charge >= 0.3 is 0 Å². The number of benzene rings is 1. The quantitative estimate of drug-likeness (QED) is 0.350. The normalized spacial score (nSPS) is 20.2. The number of nitrogens with two attached hydrogens (primary N) is 1. The van der Waals surface area contributed by atoms with Crippen LogP contribution in [0.2, 0.25) is 0 Å². The van der Waals surface area contributed by atoms with E-state index in [2.05, 4.69) is 26.1 Å². The van der Waals surface area contributed by atoms with Crippen molar-refractivity contribution in [3.63, 3.8) is 0 Å². The van der Waals surface area contributed by atoms with Crippen molar-refractivity contribution in [2.24, 2.45) is 16.6 Å². The third kappa shape index (κ3) is 5.24. The molecule has 0 bridgehead atoms. The van der Waals surface area contributed by atoms with E-state index in [0.29, 0.717) is 29.3 Å². The minimum absolute atomic E-state index is 0.0532. The average Bonchev–Trinajstić information content (AvgIpc) is 3.12. The molecule has 0 unspecified atom stereocenters. The second kappa shape index (κ2) is 9.40. The van der Waals surface area contributed by atoms with Crippen LogP contribution in [0.4, 0.5) is 10.1 Å². The monoisotopic (exact) mass is 452 g/mol. The largest absolute Gasteiger partial charge is 0.364 e. The van der Waals surface area contributed by atoms with E-state index >= 15 is 0 Å². The van der Waals surface area contributed by atoms with Crippen molar-refractivity contribution in [2.75, 3.05) is 0 Å². The second-order valence-corrected chi connectivity index (χ2v) is 7.90. The van der Waals surface area contributed by atoms with E-state index in [1.807, 2.05) is 5.48 Å². The first kappa shape index (κ1) is 20.6. The van der Waals surface area contributed by atoms with Crippen molar-refractivity contribution in [1.82, 2.24) is 10.6 Å². The summed E-state index contributed by atoms with van der Waals surface area (Å²) < 4.78 is 18.6. The Bertz CT molecular complexity index is 863. The molecule has 2 aromatic rings. The van der Waals surface area contributed by atoms with Gasteiger partial charge in [-0.2, -0.15) is 0 Å². The average molecular weight is 453 g/mol. The van der Waals surface area contributed by atoms with Gasteiger partial charge in [0.1, 0.15) is 23.6 Å².